The fourth-order valence-corrected chi connectivity index (χ4v) is 10.1. The molecule has 0 bridgehead atoms. The standard InChI is InChI=1S/C53H37F8N2O.C11H8N.Ir/c1-29(2)40-26-36(34-20-18-33(19-21-34)31-12-7-5-8-13-31)27-41(30(3)4)46(40)63-47-43(25-24-42-45(47)51(56,57)53(60,61)52(58,59)50(42,54)55)62-49(63)39-17-11-16-38-37-23-22-35(28-44(37)64-48(38)39)32-14-9-6-10-15-32;1-2-6-10(7-3-1)11-8-4-5-9-12-11;/h5-16,18-30H,1-4H3;1-6,8-9H;/q2*-1;. The molecule has 12 rings (SSSR count). The van der Waals surface area contributed by atoms with Crippen LogP contribution in [0.25, 0.3) is 94.7 Å². The third-order valence-corrected chi connectivity index (χ3v) is 14.0. The maximum absolute atomic E-state index is 16.5. The first kappa shape index (κ1) is 52.7. The summed E-state index contributed by atoms with van der Waals surface area (Å²) in [5.41, 5.74) is 4.22. The van der Waals surface area contributed by atoms with E-state index in [0.29, 0.717) is 33.5 Å². The van der Waals surface area contributed by atoms with Crippen LogP contribution in [0.15, 0.2) is 193 Å². The number of pyridine rings is 1. The van der Waals surface area contributed by atoms with Crippen molar-refractivity contribution >= 4 is 33.0 Å². The Morgan fingerprint density at radius 3 is 1.69 bits per heavy atom. The van der Waals surface area contributed by atoms with Gasteiger partial charge >= 0.3 is 23.7 Å². The van der Waals surface area contributed by atoms with Crippen molar-refractivity contribution in [2.24, 2.45) is 0 Å². The Bertz CT molecular complexity index is 3870. The topological polar surface area (TPSA) is 43.9 Å². The quantitative estimate of drug-likeness (QED) is 0.112. The third kappa shape index (κ3) is 8.73. The van der Waals surface area contributed by atoms with Crippen LogP contribution >= 0.6 is 0 Å². The van der Waals surface area contributed by atoms with E-state index in [4.69, 9.17) is 9.40 Å². The van der Waals surface area contributed by atoms with Crippen LogP contribution < -0.4 is 0 Å². The Morgan fingerprint density at radius 2 is 1.09 bits per heavy atom. The number of alkyl halides is 8. The van der Waals surface area contributed by atoms with Gasteiger partial charge in [0.05, 0.1) is 28.0 Å². The van der Waals surface area contributed by atoms with Gasteiger partial charge in [-0.2, -0.15) is 35.1 Å². The van der Waals surface area contributed by atoms with Crippen molar-refractivity contribution in [1.82, 2.24) is 14.5 Å². The molecule has 11 aromatic rings. The summed E-state index contributed by atoms with van der Waals surface area (Å²) in [5.74, 6) is -25.4. The third-order valence-electron chi connectivity index (χ3n) is 14.0. The molecule has 13 heteroatoms. The van der Waals surface area contributed by atoms with Crippen LogP contribution in [0.4, 0.5) is 35.1 Å². The minimum Gasteiger partial charge on any atom is -0.501 e. The predicted molar refractivity (Wildman–Crippen MR) is 283 cm³/mol. The second kappa shape index (κ2) is 20.0. The SMILES string of the molecule is CC(C)c1cc(-c2ccc(-c3ccccc3)cc2)cc(C(C)C)c1-n1c(-c2[c-]ccc3c2oc2cc(-c4ccccc4)ccc23)nc2ccc3c(c21)C(F)(F)C(F)(F)C(F)(F)C3(F)F.[Ir].[c-]1ccccc1-c1ccccn1. The van der Waals surface area contributed by atoms with E-state index in [0.717, 1.165) is 50.7 Å². The number of hydrogen-bond donors (Lipinski definition) is 0. The average Bonchev–Trinajstić information content (AvgIpc) is 4.14. The number of nitrogens with zero attached hydrogens (tertiary/aromatic N) is 3. The molecule has 0 atom stereocenters. The Morgan fingerprint density at radius 1 is 0.519 bits per heavy atom. The molecule has 0 saturated carbocycles. The largest absolute Gasteiger partial charge is 0.501 e. The minimum atomic E-state index is -6.50. The van der Waals surface area contributed by atoms with Gasteiger partial charge in [0.2, 0.25) is 0 Å². The first-order valence-corrected chi connectivity index (χ1v) is 24.6. The van der Waals surface area contributed by atoms with Crippen molar-refractivity contribution in [3.8, 4) is 61.7 Å². The van der Waals surface area contributed by atoms with Gasteiger partial charge in [-0.3, -0.25) is 4.98 Å². The summed E-state index contributed by atoms with van der Waals surface area (Å²) in [6, 6.07) is 61.0. The Kier molecular flexibility index (Phi) is 13.7. The molecular weight excluding hydrogens is 1170 g/mol. The fraction of sp³-hybridized carbons (Fsp3) is 0.156. The van der Waals surface area contributed by atoms with Crippen molar-refractivity contribution in [3.63, 3.8) is 0 Å². The molecule has 0 amide bonds. The summed E-state index contributed by atoms with van der Waals surface area (Å²) < 4.78 is 134. The van der Waals surface area contributed by atoms with E-state index >= 15 is 35.1 Å². The molecule has 0 aliphatic heterocycles. The minimum absolute atomic E-state index is 0. The monoisotopic (exact) mass is 1220 g/mol. The summed E-state index contributed by atoms with van der Waals surface area (Å²) in [6.45, 7) is 7.42. The molecule has 8 aromatic carbocycles. The first-order valence-electron chi connectivity index (χ1n) is 24.6. The molecule has 389 valence electrons. The van der Waals surface area contributed by atoms with Crippen molar-refractivity contribution in [3.05, 3.63) is 223 Å². The number of furan rings is 1. The normalized spacial score (nSPS) is 15.0. The molecule has 4 nitrogen and oxygen atoms in total. The van der Waals surface area contributed by atoms with E-state index < -0.39 is 57.7 Å². The summed E-state index contributed by atoms with van der Waals surface area (Å²) in [5, 5.41) is 1.26. The van der Waals surface area contributed by atoms with E-state index in [2.05, 4.69) is 17.1 Å². The number of rotatable bonds is 8. The molecule has 77 heavy (non-hydrogen) atoms. The summed E-state index contributed by atoms with van der Waals surface area (Å²) in [4.78, 5) is 8.95. The van der Waals surface area contributed by atoms with Crippen molar-refractivity contribution in [2.75, 3.05) is 0 Å². The first-order chi connectivity index (χ1) is 36.4. The van der Waals surface area contributed by atoms with Gasteiger partial charge < -0.3 is 14.0 Å². The smallest absolute Gasteiger partial charge is 0.383 e. The van der Waals surface area contributed by atoms with Gasteiger partial charge in [-0.05, 0) is 92.4 Å². The van der Waals surface area contributed by atoms with Gasteiger partial charge in [0.25, 0.3) is 0 Å². The molecule has 3 heterocycles. The summed E-state index contributed by atoms with van der Waals surface area (Å²) >= 11 is 0. The Hall–Kier alpha value is -7.73. The molecule has 1 aliphatic rings. The number of benzene rings is 8. The van der Waals surface area contributed by atoms with E-state index in [9.17, 15) is 0 Å². The van der Waals surface area contributed by atoms with Gasteiger partial charge in [-0.15, -0.1) is 54.1 Å². The van der Waals surface area contributed by atoms with Crippen LogP contribution in [-0.4, -0.2) is 26.4 Å². The van der Waals surface area contributed by atoms with Crippen LogP contribution in [0.3, 0.4) is 0 Å². The number of imidazole rings is 1. The molecule has 1 radical (unpaired) electrons. The number of fused-ring (bicyclic) bond motifs is 6. The van der Waals surface area contributed by atoms with E-state index in [1.165, 1.54) is 4.57 Å². The Balaban J connectivity index is 0.000000455. The molecular formula is C64H45F8IrN3O-2. The summed E-state index contributed by atoms with van der Waals surface area (Å²) in [7, 11) is 0. The van der Waals surface area contributed by atoms with Crippen molar-refractivity contribution in [2.45, 2.75) is 63.2 Å². The van der Waals surface area contributed by atoms with Crippen molar-refractivity contribution < 1.29 is 59.6 Å². The second-order valence-corrected chi connectivity index (χ2v) is 19.4. The molecule has 0 unspecified atom stereocenters. The van der Waals surface area contributed by atoms with Gasteiger partial charge in [0, 0.05) is 42.9 Å². The Labute approximate surface area is 452 Å². The van der Waals surface area contributed by atoms with Gasteiger partial charge in [0.1, 0.15) is 5.58 Å². The van der Waals surface area contributed by atoms with Crippen LogP contribution in [0.1, 0.15) is 61.8 Å². The fourth-order valence-electron chi connectivity index (χ4n) is 10.1. The molecule has 1 aliphatic carbocycles. The molecule has 0 N–H and O–H groups in total. The maximum Gasteiger partial charge on any atom is 0.383 e. The number of halogens is 8. The molecule has 0 saturated heterocycles. The van der Waals surface area contributed by atoms with E-state index in [1.807, 2.05) is 185 Å². The molecule has 0 spiro atoms. The predicted octanol–water partition coefficient (Wildman–Crippen LogP) is 18.7. The zero-order valence-electron chi connectivity index (χ0n) is 41.7. The zero-order chi connectivity index (χ0) is 53.3. The number of aromatic nitrogens is 3. The second-order valence-electron chi connectivity index (χ2n) is 19.4. The summed E-state index contributed by atoms with van der Waals surface area (Å²) in [6.07, 6.45) is 1.79. The average molecular weight is 1220 g/mol. The van der Waals surface area contributed by atoms with Crippen LogP contribution in [0, 0.1) is 12.1 Å². The van der Waals surface area contributed by atoms with Gasteiger partial charge in [-0.1, -0.05) is 154 Å². The molecule has 0 fully saturated rings. The van der Waals surface area contributed by atoms with Crippen LogP contribution in [0.5, 0.6) is 0 Å². The van der Waals surface area contributed by atoms with E-state index in [-0.39, 0.29) is 42.8 Å². The number of hydrogen-bond acceptors (Lipinski definition) is 3. The van der Waals surface area contributed by atoms with Crippen LogP contribution in [0.2, 0.25) is 0 Å². The van der Waals surface area contributed by atoms with Crippen LogP contribution in [-0.2, 0) is 32.0 Å². The van der Waals surface area contributed by atoms with Gasteiger partial charge in [-0.25, -0.2) is 0 Å². The van der Waals surface area contributed by atoms with Gasteiger partial charge in [0.15, 0.2) is 0 Å². The molecule has 3 aromatic heterocycles. The zero-order valence-corrected chi connectivity index (χ0v) is 44.1. The van der Waals surface area contributed by atoms with Crippen molar-refractivity contribution in [1.29, 1.82) is 0 Å². The van der Waals surface area contributed by atoms with E-state index in [1.54, 1.807) is 18.3 Å². The maximum atomic E-state index is 16.5.